The maximum absolute atomic E-state index is 13.7. The van der Waals surface area contributed by atoms with Gasteiger partial charge in [-0.15, -0.1) is 0 Å². The van der Waals surface area contributed by atoms with E-state index in [4.69, 9.17) is 18.9 Å². The van der Waals surface area contributed by atoms with Gasteiger partial charge in [-0.25, -0.2) is 0 Å². The zero-order valence-corrected chi connectivity index (χ0v) is 36.5. The van der Waals surface area contributed by atoms with Gasteiger partial charge in [0.25, 0.3) is 0 Å². The van der Waals surface area contributed by atoms with Crippen molar-refractivity contribution in [3.63, 3.8) is 0 Å². The molecule has 2 aromatic rings. The highest BCUT2D eigenvalue weighted by molar-refractivity contribution is 5.78. The van der Waals surface area contributed by atoms with E-state index in [1.165, 1.54) is 33.4 Å². The summed E-state index contributed by atoms with van der Waals surface area (Å²) in [6.07, 6.45) is 7.11. The molecule has 9 atom stereocenters. The molecule has 0 bridgehead atoms. The fourth-order valence-corrected chi connectivity index (χ4v) is 11.7. The Kier molecular flexibility index (Phi) is 13.4. The third-order valence-electron chi connectivity index (χ3n) is 15.1. The Labute approximate surface area is 342 Å². The summed E-state index contributed by atoms with van der Waals surface area (Å²) in [6, 6.07) is 13.9. The van der Waals surface area contributed by atoms with Crippen molar-refractivity contribution in [3.05, 3.63) is 69.8 Å². The molecule has 6 rings (SSSR count). The minimum absolute atomic E-state index is 0.00734. The zero-order chi connectivity index (χ0) is 41.3. The first-order valence-electron chi connectivity index (χ1n) is 22.1. The maximum Gasteiger partial charge on any atom is 0.312 e. The van der Waals surface area contributed by atoms with Crippen LogP contribution in [0.1, 0.15) is 159 Å². The van der Waals surface area contributed by atoms with Gasteiger partial charge in [0.1, 0.15) is 25.4 Å². The van der Waals surface area contributed by atoms with E-state index in [1.54, 1.807) is 0 Å². The Morgan fingerprint density at radius 3 is 1.51 bits per heavy atom. The van der Waals surface area contributed by atoms with Crippen LogP contribution in [0, 0.1) is 22.7 Å². The second-order valence-corrected chi connectivity index (χ2v) is 19.9. The molecule has 0 saturated heterocycles. The van der Waals surface area contributed by atoms with Crippen LogP contribution in [0.5, 0.6) is 0 Å². The number of aliphatic hydroxyl groups excluding tert-OH is 2. The van der Waals surface area contributed by atoms with Gasteiger partial charge in [-0.1, -0.05) is 90.8 Å². The molecule has 8 heteroatoms. The normalized spacial score (nSPS) is 31.0. The van der Waals surface area contributed by atoms with Gasteiger partial charge in [0.2, 0.25) is 0 Å². The van der Waals surface area contributed by atoms with Crippen molar-refractivity contribution in [2.45, 2.75) is 167 Å². The summed E-state index contributed by atoms with van der Waals surface area (Å²) >= 11 is 0. The molecule has 0 heterocycles. The van der Waals surface area contributed by atoms with Gasteiger partial charge in [0.05, 0.1) is 36.8 Å². The SMILES string of the molecule is CC(COCC(O)COC(=O)C1(C)CCCC2(C)c3ccc(C(C)C)cc3CCC12)OCC(O)COC(=O)C1(C)CCCC2(C)c3ccc(C(C)C)cc3CCC12. The lowest BCUT2D eigenvalue weighted by Gasteiger charge is -2.54. The van der Waals surface area contributed by atoms with Gasteiger partial charge in [-0.05, 0) is 140 Å². The van der Waals surface area contributed by atoms with E-state index < -0.39 is 23.0 Å². The Bertz CT molecular complexity index is 1740. The van der Waals surface area contributed by atoms with Gasteiger partial charge in [-0.2, -0.15) is 0 Å². The Morgan fingerprint density at radius 2 is 1.07 bits per heavy atom. The number of hydrogen-bond acceptors (Lipinski definition) is 8. The van der Waals surface area contributed by atoms with Crippen molar-refractivity contribution in [2.75, 3.05) is 33.0 Å². The van der Waals surface area contributed by atoms with Gasteiger partial charge < -0.3 is 29.2 Å². The number of esters is 2. The number of carbonyl (C=O) groups excluding carboxylic acids is 2. The molecule has 57 heavy (non-hydrogen) atoms. The second kappa shape index (κ2) is 17.4. The molecule has 4 aliphatic carbocycles. The first-order chi connectivity index (χ1) is 26.9. The fraction of sp³-hybridized carbons (Fsp3) is 0.714. The predicted molar refractivity (Wildman–Crippen MR) is 223 cm³/mol. The second-order valence-electron chi connectivity index (χ2n) is 19.9. The highest BCUT2D eigenvalue weighted by atomic mass is 16.6. The first kappa shape index (κ1) is 43.8. The van der Waals surface area contributed by atoms with Crippen LogP contribution >= 0.6 is 0 Å². The van der Waals surface area contributed by atoms with Crippen molar-refractivity contribution in [1.82, 2.24) is 0 Å². The average molecular weight is 789 g/mol. The number of hydrogen-bond donors (Lipinski definition) is 2. The molecular weight excluding hydrogens is 717 g/mol. The summed E-state index contributed by atoms with van der Waals surface area (Å²) in [6.45, 7) is 19.4. The van der Waals surface area contributed by atoms with E-state index >= 15 is 0 Å². The lowest BCUT2D eigenvalue weighted by Crippen LogP contribution is -2.53. The van der Waals surface area contributed by atoms with E-state index in [-0.39, 0.29) is 73.7 Å². The molecule has 2 saturated carbocycles. The zero-order valence-electron chi connectivity index (χ0n) is 36.5. The van der Waals surface area contributed by atoms with Crippen LogP contribution in [0.25, 0.3) is 0 Å². The minimum atomic E-state index is -0.973. The number of rotatable bonds is 15. The summed E-state index contributed by atoms with van der Waals surface area (Å²) in [5, 5.41) is 21.4. The van der Waals surface area contributed by atoms with Gasteiger partial charge in [0.15, 0.2) is 0 Å². The maximum atomic E-state index is 13.7. The van der Waals surface area contributed by atoms with Crippen LogP contribution in [0.3, 0.4) is 0 Å². The van der Waals surface area contributed by atoms with Crippen molar-refractivity contribution < 1.29 is 38.7 Å². The van der Waals surface area contributed by atoms with Crippen molar-refractivity contribution in [2.24, 2.45) is 22.7 Å². The smallest absolute Gasteiger partial charge is 0.312 e. The average Bonchev–Trinajstić information content (AvgIpc) is 3.17. The number of aryl methyl sites for hydroxylation is 2. The molecule has 0 aliphatic heterocycles. The van der Waals surface area contributed by atoms with Crippen molar-refractivity contribution in [3.8, 4) is 0 Å². The molecule has 9 unspecified atom stereocenters. The molecule has 0 amide bonds. The molecule has 316 valence electrons. The van der Waals surface area contributed by atoms with E-state index in [2.05, 4.69) is 91.8 Å². The van der Waals surface area contributed by atoms with Crippen LogP contribution in [-0.4, -0.2) is 73.5 Å². The molecule has 2 fully saturated rings. The van der Waals surface area contributed by atoms with Crippen LogP contribution < -0.4 is 0 Å². The van der Waals surface area contributed by atoms with Crippen LogP contribution in [0.4, 0.5) is 0 Å². The summed E-state index contributed by atoms with van der Waals surface area (Å²) in [4.78, 5) is 27.4. The van der Waals surface area contributed by atoms with Gasteiger partial charge in [-0.3, -0.25) is 9.59 Å². The lowest BCUT2D eigenvalue weighted by atomic mass is 9.49. The largest absolute Gasteiger partial charge is 0.462 e. The molecule has 2 N–H and O–H groups in total. The number of fused-ring (bicyclic) bond motifs is 6. The molecule has 0 aromatic heterocycles. The van der Waals surface area contributed by atoms with E-state index in [1.807, 2.05) is 6.92 Å². The van der Waals surface area contributed by atoms with E-state index in [0.29, 0.717) is 11.8 Å². The van der Waals surface area contributed by atoms with Gasteiger partial charge in [0, 0.05) is 0 Å². The van der Waals surface area contributed by atoms with Crippen molar-refractivity contribution in [1.29, 1.82) is 0 Å². The van der Waals surface area contributed by atoms with Crippen molar-refractivity contribution >= 4 is 11.9 Å². The molecule has 0 spiro atoms. The molecule has 0 radical (unpaired) electrons. The number of carbonyl (C=O) groups is 2. The van der Waals surface area contributed by atoms with E-state index in [0.717, 1.165) is 64.2 Å². The Hall–Kier alpha value is -2.78. The number of aliphatic hydroxyl groups is 2. The number of ether oxygens (including phenoxy) is 4. The third kappa shape index (κ3) is 8.76. The van der Waals surface area contributed by atoms with Crippen LogP contribution in [-0.2, 0) is 52.2 Å². The summed E-state index contributed by atoms with van der Waals surface area (Å²) in [5.41, 5.74) is 6.93. The number of benzene rings is 2. The molecule has 2 aromatic carbocycles. The summed E-state index contributed by atoms with van der Waals surface area (Å²) in [5.74, 6) is 0.846. The Balaban J connectivity index is 0.911. The highest BCUT2D eigenvalue weighted by Crippen LogP contribution is 2.59. The van der Waals surface area contributed by atoms with E-state index in [9.17, 15) is 19.8 Å². The van der Waals surface area contributed by atoms with Crippen LogP contribution in [0.2, 0.25) is 0 Å². The predicted octanol–water partition coefficient (Wildman–Crippen LogP) is 8.88. The molecule has 4 aliphatic rings. The fourth-order valence-electron chi connectivity index (χ4n) is 11.7. The highest BCUT2D eigenvalue weighted by Gasteiger charge is 2.57. The molecular formula is C49H72O8. The monoisotopic (exact) mass is 789 g/mol. The molecule has 8 nitrogen and oxygen atoms in total. The van der Waals surface area contributed by atoms with Gasteiger partial charge >= 0.3 is 11.9 Å². The summed E-state index contributed by atoms with van der Waals surface area (Å²) < 4.78 is 23.1. The minimum Gasteiger partial charge on any atom is -0.462 e. The quantitative estimate of drug-likeness (QED) is 0.172. The summed E-state index contributed by atoms with van der Waals surface area (Å²) in [7, 11) is 0. The first-order valence-corrected chi connectivity index (χ1v) is 22.1. The lowest BCUT2D eigenvalue weighted by molar-refractivity contribution is -0.170. The Morgan fingerprint density at radius 1 is 0.632 bits per heavy atom. The standard InChI is InChI=1S/C49H72O8/c1-31(2)34-12-16-40-36(24-34)14-18-42-46(40,6)20-10-22-48(42,8)44(52)56-29-38(50)27-54-26-33(5)55-28-39(51)30-57-45(53)49(9)23-11-21-47(7)41-17-13-35(32(3)4)25-37(41)15-19-43(47)49/h12-13,16-17,24-25,31-33,38-39,42-43,50-51H,10-11,14-15,18-23,26-30H2,1-9H3. The third-order valence-corrected chi connectivity index (χ3v) is 15.1. The topological polar surface area (TPSA) is 112 Å². The van der Waals surface area contributed by atoms with Crippen LogP contribution in [0.15, 0.2) is 36.4 Å².